The molecule has 1 rings (SSSR count). The van der Waals surface area contributed by atoms with E-state index in [2.05, 4.69) is 15.5 Å². The zero-order chi connectivity index (χ0) is 12.2. The van der Waals surface area contributed by atoms with Crippen LogP contribution in [0.5, 0.6) is 0 Å². The maximum atomic E-state index is 11.9. The third-order valence-electron chi connectivity index (χ3n) is 2.00. The van der Waals surface area contributed by atoms with Crippen molar-refractivity contribution in [1.82, 2.24) is 20.2 Å². The molecular weight excluding hydrogens is 245 g/mol. The third kappa shape index (κ3) is 4.34. The molecule has 92 valence electrons. The van der Waals surface area contributed by atoms with Crippen molar-refractivity contribution in [1.29, 1.82) is 0 Å². The molecule has 16 heavy (non-hydrogen) atoms. The van der Waals surface area contributed by atoms with Gasteiger partial charge in [-0.1, -0.05) is 0 Å². The van der Waals surface area contributed by atoms with Gasteiger partial charge in [-0.05, 0) is 30.2 Å². The van der Waals surface area contributed by atoms with Crippen molar-refractivity contribution in [2.75, 3.05) is 0 Å². The van der Waals surface area contributed by atoms with Crippen molar-refractivity contribution in [3.8, 4) is 0 Å². The van der Waals surface area contributed by atoms with Crippen molar-refractivity contribution in [2.45, 2.75) is 44.3 Å². The molecule has 0 saturated heterocycles. The Bertz CT molecular complexity index is 323. The average molecular weight is 257 g/mol. The fraction of sp³-hybridized carbons (Fsp3) is 0.875. The zero-order valence-corrected chi connectivity index (χ0v) is 9.46. The van der Waals surface area contributed by atoms with E-state index < -0.39 is 12.6 Å². The van der Waals surface area contributed by atoms with Gasteiger partial charge >= 0.3 is 6.18 Å². The predicted octanol–water partition coefficient (Wildman–Crippen LogP) is 2.71. The zero-order valence-electron chi connectivity index (χ0n) is 8.71. The Kier molecular flexibility index (Phi) is 4.52. The van der Waals surface area contributed by atoms with Crippen LogP contribution < -0.4 is 0 Å². The van der Waals surface area contributed by atoms with Gasteiger partial charge in [-0.2, -0.15) is 13.2 Å². The first kappa shape index (κ1) is 13.2. The Hall–Kier alpha value is -0.850. The minimum Gasteiger partial charge on any atom is -0.228 e. The van der Waals surface area contributed by atoms with Crippen molar-refractivity contribution in [2.24, 2.45) is 0 Å². The molecule has 0 fully saturated rings. The quantitative estimate of drug-likeness (QED) is 0.601. The Labute approximate surface area is 95.8 Å². The van der Waals surface area contributed by atoms with Gasteiger partial charge in [0, 0.05) is 13.0 Å². The molecule has 1 aromatic heterocycles. The highest BCUT2D eigenvalue weighted by atomic mass is 35.5. The number of unbranched alkanes of at least 4 members (excludes halogenated alkanes) is 1. The van der Waals surface area contributed by atoms with Crippen molar-refractivity contribution in [3.63, 3.8) is 0 Å². The number of rotatable bonds is 5. The lowest BCUT2D eigenvalue weighted by molar-refractivity contribution is -0.135. The summed E-state index contributed by atoms with van der Waals surface area (Å²) in [6.07, 6.45) is -4.43. The Morgan fingerprint density at radius 1 is 1.38 bits per heavy atom. The minimum absolute atomic E-state index is 0.0689. The van der Waals surface area contributed by atoms with Crippen LogP contribution in [0.15, 0.2) is 0 Å². The normalized spacial score (nSPS) is 14.1. The van der Waals surface area contributed by atoms with E-state index in [-0.39, 0.29) is 11.8 Å². The van der Waals surface area contributed by atoms with E-state index in [4.69, 9.17) is 11.6 Å². The van der Waals surface area contributed by atoms with Gasteiger partial charge in [0.2, 0.25) is 0 Å². The number of hydrogen-bond donors (Lipinski definition) is 0. The number of aromatic nitrogens is 4. The highest BCUT2D eigenvalue weighted by Gasteiger charge is 2.25. The highest BCUT2D eigenvalue weighted by molar-refractivity contribution is 6.20. The average Bonchev–Trinajstić information content (AvgIpc) is 2.58. The van der Waals surface area contributed by atoms with Crippen LogP contribution in [0, 0.1) is 0 Å². The second-order valence-electron chi connectivity index (χ2n) is 3.45. The summed E-state index contributed by atoms with van der Waals surface area (Å²) >= 11 is 5.79. The molecule has 0 aliphatic rings. The molecule has 8 heteroatoms. The first-order valence-electron chi connectivity index (χ1n) is 4.87. The van der Waals surface area contributed by atoms with E-state index in [1.54, 1.807) is 6.92 Å². The monoisotopic (exact) mass is 256 g/mol. The fourth-order valence-electron chi connectivity index (χ4n) is 1.24. The SMILES string of the molecule is CC(Cl)c1nnnn1CCCCC(F)(F)F. The number of tetrazole rings is 1. The maximum absolute atomic E-state index is 11.9. The van der Waals surface area contributed by atoms with Crippen LogP contribution in [0.1, 0.15) is 37.4 Å². The Morgan fingerprint density at radius 2 is 2.06 bits per heavy atom. The Balaban J connectivity index is 2.35. The molecule has 0 bridgehead atoms. The predicted molar refractivity (Wildman–Crippen MR) is 52.0 cm³/mol. The summed E-state index contributed by atoms with van der Waals surface area (Å²) in [5.74, 6) is 0.480. The van der Waals surface area contributed by atoms with Crippen LogP contribution in [-0.2, 0) is 6.54 Å². The number of aryl methyl sites for hydroxylation is 1. The standard InChI is InChI=1S/C8H12ClF3N4/c1-6(9)7-13-14-15-16(7)5-3-2-4-8(10,11)12/h6H,2-5H2,1H3. The van der Waals surface area contributed by atoms with Crippen LogP contribution in [0.3, 0.4) is 0 Å². The van der Waals surface area contributed by atoms with Crippen molar-refractivity contribution in [3.05, 3.63) is 5.82 Å². The molecule has 0 amide bonds. The van der Waals surface area contributed by atoms with E-state index in [0.29, 0.717) is 18.8 Å². The van der Waals surface area contributed by atoms with Crippen LogP contribution in [-0.4, -0.2) is 26.4 Å². The van der Waals surface area contributed by atoms with Gasteiger partial charge in [-0.25, -0.2) is 4.68 Å². The topological polar surface area (TPSA) is 43.6 Å². The van der Waals surface area contributed by atoms with E-state index in [0.717, 1.165) is 0 Å². The largest absolute Gasteiger partial charge is 0.389 e. The van der Waals surface area contributed by atoms with Gasteiger partial charge in [0.05, 0.1) is 5.38 Å². The first-order chi connectivity index (χ1) is 7.40. The lowest BCUT2D eigenvalue weighted by atomic mass is 10.2. The summed E-state index contributed by atoms with van der Waals surface area (Å²) in [4.78, 5) is 0. The number of halogens is 4. The summed E-state index contributed by atoms with van der Waals surface area (Å²) in [5, 5.41) is 10.4. The van der Waals surface area contributed by atoms with Gasteiger partial charge in [0.15, 0.2) is 5.82 Å². The molecular formula is C8H12ClF3N4. The molecule has 1 atom stereocenters. The molecule has 0 radical (unpaired) electrons. The minimum atomic E-state index is -4.09. The number of hydrogen-bond acceptors (Lipinski definition) is 3. The molecule has 4 nitrogen and oxygen atoms in total. The summed E-state index contributed by atoms with van der Waals surface area (Å²) in [6, 6.07) is 0. The molecule has 0 aliphatic heterocycles. The Morgan fingerprint density at radius 3 is 2.62 bits per heavy atom. The number of nitrogens with zero attached hydrogens (tertiary/aromatic N) is 4. The molecule has 1 heterocycles. The summed E-state index contributed by atoms with van der Waals surface area (Å²) < 4.78 is 37.0. The molecule has 0 spiro atoms. The summed E-state index contributed by atoms with van der Waals surface area (Å²) in [6.45, 7) is 2.06. The summed E-state index contributed by atoms with van der Waals surface area (Å²) in [5.41, 5.74) is 0. The fourth-order valence-corrected chi connectivity index (χ4v) is 1.40. The second-order valence-corrected chi connectivity index (χ2v) is 4.10. The maximum Gasteiger partial charge on any atom is 0.389 e. The van der Waals surface area contributed by atoms with Crippen molar-refractivity contribution >= 4 is 11.6 Å². The van der Waals surface area contributed by atoms with Gasteiger partial charge < -0.3 is 0 Å². The molecule has 1 unspecified atom stereocenters. The number of alkyl halides is 4. The van der Waals surface area contributed by atoms with Crippen LogP contribution in [0.25, 0.3) is 0 Å². The molecule has 1 aromatic rings. The van der Waals surface area contributed by atoms with E-state index in [9.17, 15) is 13.2 Å². The lowest BCUT2D eigenvalue weighted by Crippen LogP contribution is -2.10. The first-order valence-corrected chi connectivity index (χ1v) is 5.30. The molecule has 0 N–H and O–H groups in total. The summed E-state index contributed by atoms with van der Waals surface area (Å²) in [7, 11) is 0. The smallest absolute Gasteiger partial charge is 0.228 e. The van der Waals surface area contributed by atoms with Crippen LogP contribution in [0.4, 0.5) is 13.2 Å². The lowest BCUT2D eigenvalue weighted by Gasteiger charge is -2.07. The third-order valence-corrected chi connectivity index (χ3v) is 2.19. The molecule has 0 aromatic carbocycles. The van der Waals surface area contributed by atoms with Crippen molar-refractivity contribution < 1.29 is 13.2 Å². The molecule has 0 aliphatic carbocycles. The molecule has 0 saturated carbocycles. The van der Waals surface area contributed by atoms with Gasteiger partial charge in [0.1, 0.15) is 0 Å². The highest BCUT2D eigenvalue weighted by Crippen LogP contribution is 2.22. The van der Waals surface area contributed by atoms with E-state index in [1.165, 1.54) is 4.68 Å². The van der Waals surface area contributed by atoms with Gasteiger partial charge in [0.25, 0.3) is 0 Å². The second kappa shape index (κ2) is 5.47. The van der Waals surface area contributed by atoms with E-state index in [1.807, 2.05) is 0 Å². The van der Waals surface area contributed by atoms with Gasteiger partial charge in [-0.15, -0.1) is 16.7 Å². The van der Waals surface area contributed by atoms with E-state index >= 15 is 0 Å². The van der Waals surface area contributed by atoms with Gasteiger partial charge in [-0.3, -0.25) is 0 Å². The van der Waals surface area contributed by atoms with Crippen LogP contribution >= 0.6 is 11.6 Å². The van der Waals surface area contributed by atoms with Crippen LogP contribution in [0.2, 0.25) is 0 Å².